The number of esters is 1. The standard InChI is InChI=1S/C25H23FN4O5.CH2O2/c26-17-3-5-18(6-4-17)29-24-21(25(32)34-13-10-30-8-11-33-12-9-30)22(31)20(35-24)14-16-15-28-23-19(16)2-1-7-27-23;2-1-3/h1-7,14-15,29,31H,8-13H2;1H,(H,2,3). The summed E-state index contributed by atoms with van der Waals surface area (Å²) in [7, 11) is 0. The predicted octanol–water partition coefficient (Wildman–Crippen LogP) is 3.71. The summed E-state index contributed by atoms with van der Waals surface area (Å²) in [6.45, 7) is 3.25. The van der Waals surface area contributed by atoms with Gasteiger partial charge in [-0.2, -0.15) is 0 Å². The number of nitrogens with zero attached hydrogens (tertiary/aromatic N) is 3. The fraction of sp³-hybridized carbons (Fsp3) is 0.231. The smallest absolute Gasteiger partial charge is 0.347 e. The highest BCUT2D eigenvalue weighted by molar-refractivity contribution is 6.21. The van der Waals surface area contributed by atoms with E-state index < -0.39 is 11.8 Å². The van der Waals surface area contributed by atoms with E-state index in [1.165, 1.54) is 24.3 Å². The van der Waals surface area contributed by atoms with E-state index in [0.29, 0.717) is 36.8 Å². The summed E-state index contributed by atoms with van der Waals surface area (Å²) < 4.78 is 29.9. The van der Waals surface area contributed by atoms with Gasteiger partial charge in [0.15, 0.2) is 22.9 Å². The Morgan fingerprint density at radius 2 is 1.95 bits per heavy atom. The first-order chi connectivity index (χ1) is 18.5. The average molecular weight is 525 g/mol. The molecule has 0 unspecified atom stereocenters. The van der Waals surface area contributed by atoms with Crippen LogP contribution in [0.2, 0.25) is 0 Å². The van der Waals surface area contributed by atoms with Gasteiger partial charge in [0.05, 0.1) is 13.2 Å². The van der Waals surface area contributed by atoms with Crippen molar-refractivity contribution in [1.82, 2.24) is 9.88 Å². The van der Waals surface area contributed by atoms with Crippen molar-refractivity contribution in [2.75, 3.05) is 44.8 Å². The zero-order valence-electron chi connectivity index (χ0n) is 20.2. The number of aliphatic imine (C=N–C) groups is 1. The van der Waals surface area contributed by atoms with Gasteiger partial charge >= 0.3 is 5.97 Å². The normalized spacial score (nSPS) is 15.4. The van der Waals surface area contributed by atoms with Crippen molar-refractivity contribution in [3.63, 3.8) is 0 Å². The zero-order valence-corrected chi connectivity index (χ0v) is 20.2. The molecule has 0 aliphatic carbocycles. The SMILES string of the molecule is O=C(OCCN1CCOCC1)c1c(Nc2ccc(F)cc2)oc(C=C2C=Nc3ncccc32)c1O.O=CO. The van der Waals surface area contributed by atoms with E-state index in [1.54, 1.807) is 24.6 Å². The number of furan rings is 1. The molecule has 0 atom stereocenters. The first-order valence-corrected chi connectivity index (χ1v) is 11.6. The molecule has 1 saturated heterocycles. The molecule has 1 aromatic carbocycles. The lowest BCUT2D eigenvalue weighted by Crippen LogP contribution is -2.38. The first-order valence-electron chi connectivity index (χ1n) is 11.6. The minimum atomic E-state index is -0.740. The number of pyridine rings is 1. The Kier molecular flexibility index (Phi) is 8.80. The number of fused-ring (bicyclic) bond motifs is 1. The van der Waals surface area contributed by atoms with Crippen LogP contribution in [0.25, 0.3) is 11.6 Å². The molecule has 12 heteroatoms. The third-order valence-corrected chi connectivity index (χ3v) is 5.67. The second kappa shape index (κ2) is 12.6. The quantitative estimate of drug-likeness (QED) is 0.309. The van der Waals surface area contributed by atoms with E-state index in [-0.39, 0.29) is 36.0 Å². The molecule has 38 heavy (non-hydrogen) atoms. The molecule has 198 valence electrons. The molecule has 3 aromatic rings. The molecule has 2 aliphatic heterocycles. The Labute approximate surface area is 216 Å². The largest absolute Gasteiger partial charge is 0.504 e. The van der Waals surface area contributed by atoms with Crippen molar-refractivity contribution in [3.8, 4) is 5.75 Å². The Bertz CT molecular complexity index is 1330. The summed E-state index contributed by atoms with van der Waals surface area (Å²) in [5.74, 6) is -0.928. The second-order valence-corrected chi connectivity index (χ2v) is 8.08. The van der Waals surface area contributed by atoms with Crippen LogP contribution in [0.4, 0.5) is 21.8 Å². The second-order valence-electron chi connectivity index (χ2n) is 8.08. The number of benzene rings is 1. The van der Waals surface area contributed by atoms with Gasteiger partial charge in [0.25, 0.3) is 6.47 Å². The molecule has 4 heterocycles. The predicted molar refractivity (Wildman–Crippen MR) is 137 cm³/mol. The van der Waals surface area contributed by atoms with Gasteiger partial charge in [0, 0.05) is 48.9 Å². The summed E-state index contributed by atoms with van der Waals surface area (Å²) in [6, 6.07) is 9.15. The number of halogens is 1. The molecule has 0 radical (unpaired) electrons. The number of morpholine rings is 1. The molecule has 1 fully saturated rings. The van der Waals surface area contributed by atoms with Crippen molar-refractivity contribution in [2.45, 2.75) is 0 Å². The Morgan fingerprint density at radius 3 is 2.68 bits per heavy atom. The Balaban J connectivity index is 0.00000107. The van der Waals surface area contributed by atoms with Crippen LogP contribution >= 0.6 is 0 Å². The summed E-state index contributed by atoms with van der Waals surface area (Å²) >= 11 is 0. The van der Waals surface area contributed by atoms with Crippen molar-refractivity contribution in [1.29, 1.82) is 0 Å². The number of hydrogen-bond donors (Lipinski definition) is 3. The molecule has 3 N–H and O–H groups in total. The molecule has 5 rings (SSSR count). The fourth-order valence-corrected chi connectivity index (χ4v) is 3.83. The molecule has 0 bridgehead atoms. The lowest BCUT2D eigenvalue weighted by Gasteiger charge is -2.26. The van der Waals surface area contributed by atoms with E-state index in [1.807, 2.05) is 6.07 Å². The highest BCUT2D eigenvalue weighted by Crippen LogP contribution is 2.39. The monoisotopic (exact) mass is 524 g/mol. The van der Waals surface area contributed by atoms with Crippen LogP contribution in [0.15, 0.2) is 52.0 Å². The minimum absolute atomic E-state index is 0.0151. The zero-order chi connectivity index (χ0) is 26.9. The number of anilines is 2. The molecule has 0 saturated carbocycles. The maximum absolute atomic E-state index is 13.3. The van der Waals surface area contributed by atoms with Crippen LogP contribution in [0.5, 0.6) is 5.75 Å². The topological polar surface area (TPSA) is 147 Å². The molecule has 0 spiro atoms. The van der Waals surface area contributed by atoms with Gasteiger partial charge in [-0.1, -0.05) is 0 Å². The lowest BCUT2D eigenvalue weighted by atomic mass is 10.1. The van der Waals surface area contributed by atoms with Crippen molar-refractivity contribution in [2.24, 2.45) is 4.99 Å². The molecular formula is C26H25FN4O7. The van der Waals surface area contributed by atoms with Crippen LogP contribution in [0.3, 0.4) is 0 Å². The van der Waals surface area contributed by atoms with Gasteiger partial charge in [-0.25, -0.2) is 19.2 Å². The van der Waals surface area contributed by atoms with Gasteiger partial charge in [-0.15, -0.1) is 0 Å². The van der Waals surface area contributed by atoms with Gasteiger partial charge < -0.3 is 29.4 Å². The Morgan fingerprint density at radius 1 is 1.21 bits per heavy atom. The molecule has 2 aromatic heterocycles. The van der Waals surface area contributed by atoms with Crippen LogP contribution in [0, 0.1) is 5.82 Å². The van der Waals surface area contributed by atoms with E-state index in [4.69, 9.17) is 23.8 Å². The first kappa shape index (κ1) is 26.5. The number of carboxylic acid groups (broad SMARTS) is 1. The number of hydrogen-bond acceptors (Lipinski definition) is 10. The summed E-state index contributed by atoms with van der Waals surface area (Å²) in [4.78, 5) is 31.9. The summed E-state index contributed by atoms with van der Waals surface area (Å²) in [5.41, 5.74) is 1.76. The fourth-order valence-electron chi connectivity index (χ4n) is 3.83. The number of ether oxygens (including phenoxy) is 2. The number of aromatic hydroxyl groups is 1. The number of allylic oxidation sites excluding steroid dienone is 1. The Hall–Kier alpha value is -4.55. The minimum Gasteiger partial charge on any atom is -0.504 e. The molecule has 0 amide bonds. The maximum atomic E-state index is 13.3. The highest BCUT2D eigenvalue weighted by atomic mass is 19.1. The van der Waals surface area contributed by atoms with Gasteiger partial charge in [-0.3, -0.25) is 9.69 Å². The number of nitrogens with one attached hydrogen (secondary N) is 1. The lowest BCUT2D eigenvalue weighted by molar-refractivity contribution is -0.122. The van der Waals surface area contributed by atoms with Crippen molar-refractivity contribution >= 4 is 47.7 Å². The van der Waals surface area contributed by atoms with Crippen LogP contribution in [-0.4, -0.2) is 78.2 Å². The number of aromatic nitrogens is 1. The van der Waals surface area contributed by atoms with Crippen molar-refractivity contribution < 1.29 is 38.1 Å². The van der Waals surface area contributed by atoms with Crippen molar-refractivity contribution in [3.05, 3.63) is 65.3 Å². The maximum Gasteiger partial charge on any atom is 0.347 e. The summed E-state index contributed by atoms with van der Waals surface area (Å²) in [5, 5.41) is 20.8. The van der Waals surface area contributed by atoms with Gasteiger partial charge in [-0.05, 0) is 42.5 Å². The molecule has 11 nitrogen and oxygen atoms in total. The summed E-state index contributed by atoms with van der Waals surface area (Å²) in [6.07, 6.45) is 4.82. The van der Waals surface area contributed by atoms with Crippen LogP contribution in [-0.2, 0) is 14.3 Å². The van der Waals surface area contributed by atoms with Gasteiger partial charge in [0.2, 0.25) is 5.88 Å². The number of carbonyl (C=O) groups excluding carboxylic acids is 1. The number of carbonyl (C=O) groups is 2. The van der Waals surface area contributed by atoms with E-state index in [9.17, 15) is 14.3 Å². The van der Waals surface area contributed by atoms with Gasteiger partial charge in [0.1, 0.15) is 12.4 Å². The van der Waals surface area contributed by atoms with E-state index in [2.05, 4.69) is 20.2 Å². The van der Waals surface area contributed by atoms with E-state index >= 15 is 0 Å². The van der Waals surface area contributed by atoms with Crippen LogP contribution in [0.1, 0.15) is 21.7 Å². The van der Waals surface area contributed by atoms with Crippen LogP contribution < -0.4 is 5.32 Å². The third-order valence-electron chi connectivity index (χ3n) is 5.67. The number of rotatable bonds is 7. The average Bonchev–Trinajstić information content (AvgIpc) is 3.47. The third kappa shape index (κ3) is 6.41. The van der Waals surface area contributed by atoms with E-state index in [0.717, 1.165) is 18.7 Å². The highest BCUT2D eigenvalue weighted by Gasteiger charge is 2.28. The molecule has 2 aliphatic rings. The molecular weight excluding hydrogens is 499 g/mol.